The van der Waals surface area contributed by atoms with Crippen LogP contribution in [-0.4, -0.2) is 17.4 Å². The van der Waals surface area contributed by atoms with Crippen LogP contribution in [0.25, 0.3) is 0 Å². The molecule has 46 heavy (non-hydrogen) atoms. The zero-order chi connectivity index (χ0) is 35.3. The SMILES string of the molecule is CC(C)(C)c1cccc(C(C)(C)C)c1[S][Bi]([S]c1c(C(C)(C)C)cccc1C(C)(C)C)[S]c1c(C(C)(C)C)cccc1C(C)(C)C. The molecule has 0 aliphatic rings. The van der Waals surface area contributed by atoms with E-state index in [4.69, 9.17) is 0 Å². The molecule has 0 aromatic heterocycles. The average molecular weight is 873 g/mol. The van der Waals surface area contributed by atoms with Crippen molar-refractivity contribution >= 4 is 42.9 Å². The molecule has 254 valence electrons. The second-order valence-electron chi connectivity index (χ2n) is 19.0. The summed E-state index contributed by atoms with van der Waals surface area (Å²) in [5.74, 6) is 0. The van der Waals surface area contributed by atoms with Gasteiger partial charge >= 0.3 is 303 Å². The van der Waals surface area contributed by atoms with Crippen molar-refractivity contribution in [1.82, 2.24) is 0 Å². The molecular formula is C42H63BiS3. The van der Waals surface area contributed by atoms with E-state index in [1.807, 2.05) is 0 Å². The van der Waals surface area contributed by atoms with Crippen molar-refractivity contribution in [1.29, 1.82) is 0 Å². The van der Waals surface area contributed by atoms with Crippen LogP contribution >= 0.6 is 25.6 Å². The van der Waals surface area contributed by atoms with Gasteiger partial charge in [0.2, 0.25) is 0 Å². The molecule has 0 unspecified atom stereocenters. The number of hydrogen-bond donors (Lipinski definition) is 0. The molecule has 0 fully saturated rings. The molecule has 0 aliphatic carbocycles. The van der Waals surface area contributed by atoms with E-state index in [9.17, 15) is 0 Å². The van der Waals surface area contributed by atoms with Gasteiger partial charge < -0.3 is 0 Å². The summed E-state index contributed by atoms with van der Waals surface area (Å²) in [5, 5.41) is 0. The normalized spacial score (nSPS) is 13.9. The summed E-state index contributed by atoms with van der Waals surface area (Å²) >= 11 is -2.68. The first-order valence-corrected chi connectivity index (χ1v) is 32.0. The van der Waals surface area contributed by atoms with E-state index in [1.54, 1.807) is 0 Å². The molecule has 0 spiro atoms. The van der Waals surface area contributed by atoms with Crippen LogP contribution < -0.4 is 0 Å². The first kappa shape index (κ1) is 40.0. The van der Waals surface area contributed by atoms with Gasteiger partial charge in [-0.15, -0.1) is 0 Å². The van der Waals surface area contributed by atoms with Crippen LogP contribution in [0.3, 0.4) is 0 Å². The van der Waals surface area contributed by atoms with E-state index in [2.05, 4.69) is 205 Å². The van der Waals surface area contributed by atoms with Gasteiger partial charge in [-0.25, -0.2) is 0 Å². The molecule has 4 heteroatoms. The van der Waals surface area contributed by atoms with Gasteiger partial charge in [-0.2, -0.15) is 0 Å². The Morgan fingerprint density at radius 3 is 0.587 bits per heavy atom. The Balaban J connectivity index is 2.43. The van der Waals surface area contributed by atoms with Gasteiger partial charge in [0.05, 0.1) is 0 Å². The zero-order valence-electron chi connectivity index (χ0n) is 32.4. The Morgan fingerprint density at radius 1 is 0.304 bits per heavy atom. The van der Waals surface area contributed by atoms with Crippen LogP contribution in [-0.2, 0) is 32.5 Å². The first-order chi connectivity index (χ1) is 20.6. The van der Waals surface area contributed by atoms with Gasteiger partial charge in [0.25, 0.3) is 0 Å². The van der Waals surface area contributed by atoms with Crippen molar-refractivity contribution in [2.75, 3.05) is 0 Å². The number of rotatable bonds is 6. The van der Waals surface area contributed by atoms with Crippen LogP contribution in [0.5, 0.6) is 0 Å². The van der Waals surface area contributed by atoms with E-state index in [-0.39, 0.29) is 32.5 Å². The summed E-state index contributed by atoms with van der Waals surface area (Å²) in [4.78, 5) is 4.61. The van der Waals surface area contributed by atoms with Gasteiger partial charge in [0.15, 0.2) is 0 Å². The topological polar surface area (TPSA) is 0 Å². The van der Waals surface area contributed by atoms with Crippen LogP contribution in [0.15, 0.2) is 69.3 Å². The zero-order valence-corrected chi connectivity index (χ0v) is 38.3. The first-order valence-electron chi connectivity index (χ1n) is 16.9. The quantitative estimate of drug-likeness (QED) is 0.227. The fourth-order valence-corrected chi connectivity index (χ4v) is 37.2. The molecule has 3 rings (SSSR count). The van der Waals surface area contributed by atoms with Crippen molar-refractivity contribution in [2.45, 2.75) is 172 Å². The van der Waals surface area contributed by atoms with Crippen LogP contribution in [0.1, 0.15) is 158 Å². The molecule has 0 saturated carbocycles. The number of benzene rings is 3. The average Bonchev–Trinajstić information content (AvgIpc) is 2.85. The van der Waals surface area contributed by atoms with Crippen molar-refractivity contribution in [3.63, 3.8) is 0 Å². The summed E-state index contributed by atoms with van der Waals surface area (Å²) in [7, 11) is 6.88. The predicted molar refractivity (Wildman–Crippen MR) is 215 cm³/mol. The Bertz CT molecular complexity index is 1230. The van der Waals surface area contributed by atoms with Gasteiger partial charge in [-0.3, -0.25) is 0 Å². The van der Waals surface area contributed by atoms with Crippen molar-refractivity contribution in [3.05, 3.63) is 88.0 Å². The monoisotopic (exact) mass is 872 g/mol. The van der Waals surface area contributed by atoms with E-state index in [1.165, 1.54) is 48.1 Å². The maximum absolute atomic E-state index is 2.68. The molecular weight excluding hydrogens is 810 g/mol. The minimum absolute atomic E-state index is 0.0636. The second-order valence-corrected chi connectivity index (χ2v) is 44.6. The molecule has 0 bridgehead atoms. The van der Waals surface area contributed by atoms with Crippen LogP contribution in [0.4, 0.5) is 0 Å². The third-order valence-corrected chi connectivity index (χ3v) is 34.1. The summed E-state index contributed by atoms with van der Waals surface area (Å²) in [6.07, 6.45) is 0. The van der Waals surface area contributed by atoms with Crippen molar-refractivity contribution in [3.8, 4) is 0 Å². The summed E-state index contributed by atoms with van der Waals surface area (Å²) < 4.78 is 0. The molecule has 0 N–H and O–H groups in total. The molecule has 0 heterocycles. The maximum atomic E-state index is 2.40. The van der Waals surface area contributed by atoms with Crippen molar-refractivity contribution in [2.24, 2.45) is 0 Å². The summed E-state index contributed by atoms with van der Waals surface area (Å²) in [5.41, 5.74) is 9.33. The summed E-state index contributed by atoms with van der Waals surface area (Å²) in [6.45, 7) is 43.0. The molecule has 0 radical (unpaired) electrons. The molecule has 3 aromatic rings. The van der Waals surface area contributed by atoms with E-state index < -0.39 is 17.4 Å². The van der Waals surface area contributed by atoms with Crippen LogP contribution in [0.2, 0.25) is 0 Å². The van der Waals surface area contributed by atoms with Gasteiger partial charge in [-0.05, 0) is 0 Å². The third-order valence-electron chi connectivity index (χ3n) is 8.39. The third kappa shape index (κ3) is 9.85. The van der Waals surface area contributed by atoms with E-state index >= 15 is 0 Å². The van der Waals surface area contributed by atoms with E-state index in [0.29, 0.717) is 0 Å². The fourth-order valence-electron chi connectivity index (χ4n) is 5.73. The summed E-state index contributed by atoms with van der Waals surface area (Å²) in [6, 6.07) is 21.3. The van der Waals surface area contributed by atoms with E-state index in [0.717, 1.165) is 0 Å². The molecule has 0 amide bonds. The van der Waals surface area contributed by atoms with Gasteiger partial charge in [0, 0.05) is 0 Å². The Kier molecular flexibility index (Phi) is 12.2. The number of hydrogen-bond acceptors (Lipinski definition) is 3. The molecule has 0 saturated heterocycles. The van der Waals surface area contributed by atoms with Gasteiger partial charge in [-0.1, -0.05) is 0 Å². The molecule has 0 atom stereocenters. The van der Waals surface area contributed by atoms with Gasteiger partial charge in [0.1, 0.15) is 0 Å². The fraction of sp³-hybridized carbons (Fsp3) is 0.571. The second kappa shape index (κ2) is 14.1. The standard InChI is InChI=1S/3C14H22S.Bi/c3*1-13(2,3)10-8-7-9-11(12(10)15)14(4,5)6;/h3*7-9,15H,1-6H3;/q;;;+3/p-3. The molecule has 0 aliphatic heterocycles. The predicted octanol–water partition coefficient (Wildman–Crippen LogP) is 14.1. The minimum atomic E-state index is -2.68. The van der Waals surface area contributed by atoms with Crippen LogP contribution in [0, 0.1) is 0 Å². The van der Waals surface area contributed by atoms with Crippen molar-refractivity contribution < 1.29 is 0 Å². The molecule has 3 aromatic carbocycles. The Labute approximate surface area is 300 Å². The molecule has 0 nitrogen and oxygen atoms in total. The Morgan fingerprint density at radius 2 is 0.457 bits per heavy atom. The Hall–Kier alpha value is -0.407.